The summed E-state index contributed by atoms with van der Waals surface area (Å²) < 4.78 is 4.58. The number of likely N-dealkylation sites (tertiary alicyclic amines) is 1. The van der Waals surface area contributed by atoms with Gasteiger partial charge in [-0.05, 0) is 18.8 Å². The lowest BCUT2D eigenvalue weighted by atomic mass is 9.94. The monoisotopic (exact) mass is 252 g/mol. The number of carboxylic acid groups (broad SMARTS) is 1. The standard InChI is InChI=1S/C12H16N2O4/c1-2-8-3-5-14(6-4-8)11(15)9-7-10(12(16)17)18-13-9/h7-8H,2-6H2,1H3,(H,16,17). The van der Waals surface area contributed by atoms with Crippen molar-refractivity contribution in [3.63, 3.8) is 0 Å². The number of piperidine rings is 1. The molecule has 1 aliphatic rings. The van der Waals surface area contributed by atoms with E-state index in [1.807, 2.05) is 0 Å². The van der Waals surface area contributed by atoms with E-state index in [1.165, 1.54) is 6.07 Å². The minimum atomic E-state index is -1.22. The highest BCUT2D eigenvalue weighted by molar-refractivity contribution is 5.94. The Balaban J connectivity index is 2.01. The Labute approximate surface area is 105 Å². The molecule has 98 valence electrons. The van der Waals surface area contributed by atoms with E-state index in [0.717, 1.165) is 19.3 Å². The second-order valence-electron chi connectivity index (χ2n) is 4.53. The van der Waals surface area contributed by atoms with Crippen LogP contribution >= 0.6 is 0 Å². The van der Waals surface area contributed by atoms with Crippen molar-refractivity contribution in [3.8, 4) is 0 Å². The zero-order valence-electron chi connectivity index (χ0n) is 10.3. The first kappa shape index (κ1) is 12.6. The molecule has 0 spiro atoms. The van der Waals surface area contributed by atoms with E-state index in [-0.39, 0.29) is 17.4 Å². The third-order valence-electron chi connectivity index (χ3n) is 3.42. The van der Waals surface area contributed by atoms with Crippen molar-refractivity contribution >= 4 is 11.9 Å². The molecule has 0 saturated carbocycles. The van der Waals surface area contributed by atoms with Gasteiger partial charge in [0, 0.05) is 19.2 Å². The maximum atomic E-state index is 12.0. The molecule has 1 fully saturated rings. The van der Waals surface area contributed by atoms with E-state index < -0.39 is 5.97 Å². The van der Waals surface area contributed by atoms with Crippen LogP contribution in [0.1, 0.15) is 47.2 Å². The number of hydrogen-bond acceptors (Lipinski definition) is 4. The van der Waals surface area contributed by atoms with Crippen LogP contribution in [0, 0.1) is 5.92 Å². The van der Waals surface area contributed by atoms with Gasteiger partial charge in [0.2, 0.25) is 5.76 Å². The number of rotatable bonds is 3. The van der Waals surface area contributed by atoms with Crippen molar-refractivity contribution in [2.75, 3.05) is 13.1 Å². The number of carbonyl (C=O) groups excluding carboxylic acids is 1. The molecule has 1 N–H and O–H groups in total. The van der Waals surface area contributed by atoms with Crippen LogP contribution in [-0.4, -0.2) is 40.1 Å². The van der Waals surface area contributed by atoms with E-state index in [4.69, 9.17) is 5.11 Å². The van der Waals surface area contributed by atoms with Crippen LogP contribution in [0.15, 0.2) is 10.6 Å². The fraction of sp³-hybridized carbons (Fsp3) is 0.583. The van der Waals surface area contributed by atoms with Crippen LogP contribution in [0.3, 0.4) is 0 Å². The smallest absolute Gasteiger partial charge is 0.374 e. The predicted molar refractivity (Wildman–Crippen MR) is 62.4 cm³/mol. The minimum Gasteiger partial charge on any atom is -0.475 e. The molecule has 6 heteroatoms. The maximum Gasteiger partial charge on any atom is 0.374 e. The molecule has 2 rings (SSSR count). The van der Waals surface area contributed by atoms with Crippen LogP contribution in [0.5, 0.6) is 0 Å². The van der Waals surface area contributed by atoms with Gasteiger partial charge in [0.05, 0.1) is 0 Å². The van der Waals surface area contributed by atoms with Crippen LogP contribution < -0.4 is 0 Å². The highest BCUT2D eigenvalue weighted by Crippen LogP contribution is 2.21. The van der Waals surface area contributed by atoms with Crippen molar-refractivity contribution in [2.24, 2.45) is 5.92 Å². The quantitative estimate of drug-likeness (QED) is 0.884. The number of amides is 1. The van der Waals surface area contributed by atoms with E-state index in [0.29, 0.717) is 19.0 Å². The summed E-state index contributed by atoms with van der Waals surface area (Å²) in [4.78, 5) is 24.4. The number of hydrogen-bond donors (Lipinski definition) is 1. The molecule has 1 aromatic rings. The number of carbonyl (C=O) groups is 2. The molecular formula is C12H16N2O4. The lowest BCUT2D eigenvalue weighted by molar-refractivity contribution is 0.0642. The van der Waals surface area contributed by atoms with E-state index in [9.17, 15) is 9.59 Å². The first-order chi connectivity index (χ1) is 8.61. The topological polar surface area (TPSA) is 83.6 Å². The van der Waals surface area contributed by atoms with Crippen LogP contribution in [0.4, 0.5) is 0 Å². The Bertz CT molecular complexity index is 447. The molecule has 0 aromatic carbocycles. The Kier molecular flexibility index (Phi) is 3.64. The zero-order chi connectivity index (χ0) is 13.1. The first-order valence-corrected chi connectivity index (χ1v) is 6.11. The van der Waals surface area contributed by atoms with E-state index in [1.54, 1.807) is 4.90 Å². The van der Waals surface area contributed by atoms with E-state index >= 15 is 0 Å². The highest BCUT2D eigenvalue weighted by Gasteiger charge is 2.25. The molecule has 0 unspecified atom stereocenters. The van der Waals surface area contributed by atoms with Gasteiger partial charge in [-0.25, -0.2) is 4.79 Å². The molecule has 0 radical (unpaired) electrons. The molecule has 0 aliphatic carbocycles. The van der Waals surface area contributed by atoms with Gasteiger partial charge in [-0.2, -0.15) is 0 Å². The maximum absolute atomic E-state index is 12.0. The molecule has 0 bridgehead atoms. The van der Waals surface area contributed by atoms with Crippen molar-refractivity contribution in [3.05, 3.63) is 17.5 Å². The van der Waals surface area contributed by atoms with Gasteiger partial charge in [0.1, 0.15) is 0 Å². The molecule has 18 heavy (non-hydrogen) atoms. The van der Waals surface area contributed by atoms with Crippen molar-refractivity contribution in [1.29, 1.82) is 0 Å². The van der Waals surface area contributed by atoms with Crippen molar-refractivity contribution < 1.29 is 19.2 Å². The summed E-state index contributed by atoms with van der Waals surface area (Å²) in [6.07, 6.45) is 3.12. The third kappa shape index (κ3) is 2.52. The number of carboxylic acids is 1. The number of aromatic carboxylic acids is 1. The van der Waals surface area contributed by atoms with Gasteiger partial charge < -0.3 is 14.5 Å². The molecule has 1 amide bonds. The predicted octanol–water partition coefficient (Wildman–Crippen LogP) is 1.64. The second kappa shape index (κ2) is 5.20. The van der Waals surface area contributed by atoms with Gasteiger partial charge >= 0.3 is 5.97 Å². The lowest BCUT2D eigenvalue weighted by Crippen LogP contribution is -2.38. The van der Waals surface area contributed by atoms with Crippen LogP contribution in [0.25, 0.3) is 0 Å². The summed E-state index contributed by atoms with van der Waals surface area (Å²) in [5.74, 6) is -1.09. The van der Waals surface area contributed by atoms with Gasteiger partial charge in [-0.15, -0.1) is 0 Å². The van der Waals surface area contributed by atoms with Gasteiger partial charge in [0.15, 0.2) is 5.69 Å². The minimum absolute atomic E-state index is 0.0716. The Morgan fingerprint density at radius 1 is 1.50 bits per heavy atom. The highest BCUT2D eigenvalue weighted by atomic mass is 16.5. The Morgan fingerprint density at radius 2 is 2.17 bits per heavy atom. The molecule has 6 nitrogen and oxygen atoms in total. The molecule has 2 heterocycles. The average Bonchev–Trinajstić information content (AvgIpc) is 2.88. The zero-order valence-corrected chi connectivity index (χ0v) is 10.3. The number of aromatic nitrogens is 1. The summed E-state index contributed by atoms with van der Waals surface area (Å²) in [6, 6.07) is 1.18. The third-order valence-corrected chi connectivity index (χ3v) is 3.42. The molecule has 1 aliphatic heterocycles. The SMILES string of the molecule is CCC1CCN(C(=O)c2cc(C(=O)O)on2)CC1. The molecule has 1 aromatic heterocycles. The number of nitrogens with zero attached hydrogens (tertiary/aromatic N) is 2. The molecular weight excluding hydrogens is 236 g/mol. The summed E-state index contributed by atoms with van der Waals surface area (Å²) in [5, 5.41) is 12.2. The summed E-state index contributed by atoms with van der Waals surface area (Å²) in [7, 11) is 0. The van der Waals surface area contributed by atoms with Crippen LogP contribution in [0.2, 0.25) is 0 Å². The first-order valence-electron chi connectivity index (χ1n) is 6.11. The fourth-order valence-corrected chi connectivity index (χ4v) is 2.18. The largest absolute Gasteiger partial charge is 0.475 e. The van der Waals surface area contributed by atoms with Crippen molar-refractivity contribution in [2.45, 2.75) is 26.2 Å². The van der Waals surface area contributed by atoms with Gasteiger partial charge in [-0.1, -0.05) is 18.5 Å². The van der Waals surface area contributed by atoms with Crippen LogP contribution in [-0.2, 0) is 0 Å². The molecule has 0 atom stereocenters. The summed E-state index contributed by atoms with van der Waals surface area (Å²) in [5.41, 5.74) is 0.0716. The Morgan fingerprint density at radius 3 is 2.67 bits per heavy atom. The lowest BCUT2D eigenvalue weighted by Gasteiger charge is -2.30. The second-order valence-corrected chi connectivity index (χ2v) is 4.53. The summed E-state index contributed by atoms with van der Waals surface area (Å²) >= 11 is 0. The van der Waals surface area contributed by atoms with Gasteiger partial charge in [0.25, 0.3) is 5.91 Å². The summed E-state index contributed by atoms with van der Waals surface area (Å²) in [6.45, 7) is 3.55. The normalized spacial score (nSPS) is 16.8. The average molecular weight is 252 g/mol. The van der Waals surface area contributed by atoms with Crippen molar-refractivity contribution in [1.82, 2.24) is 10.1 Å². The Hall–Kier alpha value is -1.85. The van der Waals surface area contributed by atoms with Gasteiger partial charge in [-0.3, -0.25) is 4.79 Å². The fourth-order valence-electron chi connectivity index (χ4n) is 2.18. The van der Waals surface area contributed by atoms with E-state index in [2.05, 4.69) is 16.6 Å². The molecule has 1 saturated heterocycles.